The minimum atomic E-state index is -0.0465. The lowest BCUT2D eigenvalue weighted by atomic mass is 9.82. The van der Waals surface area contributed by atoms with Crippen molar-refractivity contribution in [2.24, 2.45) is 0 Å². The molecule has 6 heteroatoms. The predicted octanol–water partition coefficient (Wildman–Crippen LogP) is 3.89. The molecule has 26 heavy (non-hydrogen) atoms. The molecular formula is C20H25IN4O. The summed E-state index contributed by atoms with van der Waals surface area (Å²) in [6.45, 7) is 6.53. The van der Waals surface area contributed by atoms with Crippen LogP contribution in [0.2, 0.25) is 0 Å². The van der Waals surface area contributed by atoms with Crippen LogP contribution in [-0.2, 0) is 6.42 Å². The minimum Gasteiger partial charge on any atom is -0.324 e. The smallest absolute Gasteiger partial charge is 0.324 e. The first kappa shape index (κ1) is 17.9. The first-order chi connectivity index (χ1) is 12.6. The zero-order valence-electron chi connectivity index (χ0n) is 15.6. The first-order valence-corrected chi connectivity index (χ1v) is 10.4. The number of carbonyl (C=O) groups is 1. The van der Waals surface area contributed by atoms with Gasteiger partial charge in [0.15, 0.2) is 0 Å². The van der Waals surface area contributed by atoms with Gasteiger partial charge in [0.25, 0.3) is 0 Å². The van der Waals surface area contributed by atoms with Gasteiger partial charge in [0.2, 0.25) is 0 Å². The molecule has 5 nitrogen and oxygen atoms in total. The molecule has 0 saturated carbocycles. The van der Waals surface area contributed by atoms with Crippen molar-refractivity contribution in [1.82, 2.24) is 14.5 Å². The maximum atomic E-state index is 12.6. The third-order valence-electron chi connectivity index (χ3n) is 5.73. The maximum Gasteiger partial charge on any atom is 0.336 e. The number of aromatic nitrogens is 1. The van der Waals surface area contributed by atoms with E-state index in [1.54, 1.807) is 4.90 Å². The van der Waals surface area contributed by atoms with Crippen LogP contribution in [0.5, 0.6) is 0 Å². The molecule has 1 aliphatic carbocycles. The third kappa shape index (κ3) is 2.65. The Morgan fingerprint density at radius 1 is 1.35 bits per heavy atom. The fourth-order valence-electron chi connectivity index (χ4n) is 4.30. The summed E-state index contributed by atoms with van der Waals surface area (Å²) in [5, 5.41) is 1.30. The molecule has 0 fully saturated rings. The Bertz CT molecular complexity index is 897. The van der Waals surface area contributed by atoms with E-state index in [-0.39, 0.29) is 6.03 Å². The Kier molecular flexibility index (Phi) is 4.73. The predicted molar refractivity (Wildman–Crippen MR) is 115 cm³/mol. The van der Waals surface area contributed by atoms with Gasteiger partial charge in [0, 0.05) is 31.1 Å². The molecule has 1 aromatic carbocycles. The zero-order chi connectivity index (χ0) is 18.4. The van der Waals surface area contributed by atoms with Crippen LogP contribution < -0.4 is 5.43 Å². The Balaban J connectivity index is 1.84. The summed E-state index contributed by atoms with van der Waals surface area (Å²) in [5.74, 6) is 0. The molecular weight excluding hydrogens is 439 g/mol. The largest absolute Gasteiger partial charge is 0.336 e. The highest BCUT2D eigenvalue weighted by atomic mass is 127. The van der Waals surface area contributed by atoms with E-state index in [9.17, 15) is 4.79 Å². The summed E-state index contributed by atoms with van der Waals surface area (Å²) in [5.41, 5.74) is 8.34. The van der Waals surface area contributed by atoms with Crippen LogP contribution in [0.25, 0.3) is 16.5 Å². The molecule has 4 rings (SSSR count). The van der Waals surface area contributed by atoms with Gasteiger partial charge in [-0.2, -0.15) is 0 Å². The molecule has 1 aliphatic heterocycles. The molecule has 138 valence electrons. The van der Waals surface area contributed by atoms with Crippen LogP contribution in [0.1, 0.15) is 31.4 Å². The van der Waals surface area contributed by atoms with E-state index in [2.05, 4.69) is 64.2 Å². The number of rotatable bonds is 3. The number of amides is 2. The molecule has 1 atom stereocenters. The summed E-state index contributed by atoms with van der Waals surface area (Å²) >= 11 is 2.39. The molecule has 2 amide bonds. The first-order valence-electron chi connectivity index (χ1n) is 9.35. The van der Waals surface area contributed by atoms with Gasteiger partial charge in [-0.1, -0.05) is 18.2 Å². The molecule has 2 aliphatic rings. The number of hydrogen-bond acceptors (Lipinski definition) is 2. The van der Waals surface area contributed by atoms with Gasteiger partial charge in [-0.3, -0.25) is 4.90 Å². The molecule has 0 spiro atoms. The van der Waals surface area contributed by atoms with Crippen molar-refractivity contribution in [3.8, 4) is 0 Å². The lowest BCUT2D eigenvalue weighted by Crippen LogP contribution is -2.39. The second-order valence-corrected chi connectivity index (χ2v) is 8.06. The third-order valence-corrected chi connectivity index (χ3v) is 6.87. The number of likely N-dealkylation sites (N-methyl/N-ethyl adjacent to an activating group) is 1. The van der Waals surface area contributed by atoms with Gasteiger partial charge in [-0.25, -0.2) is 14.9 Å². The average molecular weight is 464 g/mol. The minimum absolute atomic E-state index is 0.0465. The van der Waals surface area contributed by atoms with Crippen LogP contribution in [0.15, 0.2) is 24.3 Å². The van der Waals surface area contributed by atoms with Crippen molar-refractivity contribution in [2.45, 2.75) is 32.7 Å². The normalized spacial score (nSPS) is 19.2. The van der Waals surface area contributed by atoms with Gasteiger partial charge < -0.3 is 4.90 Å². The van der Waals surface area contributed by atoms with Crippen LogP contribution in [0.3, 0.4) is 0 Å². The Hall–Kier alpha value is -1.54. The van der Waals surface area contributed by atoms with Crippen molar-refractivity contribution >= 4 is 45.1 Å². The number of fused-ring (bicyclic) bond motifs is 2. The second-order valence-electron chi connectivity index (χ2n) is 7.04. The highest BCUT2D eigenvalue weighted by Crippen LogP contribution is 2.42. The van der Waals surface area contributed by atoms with Crippen molar-refractivity contribution in [3.05, 3.63) is 39.1 Å². The molecule has 1 N–H and O–H groups in total. The number of benzene rings is 1. The van der Waals surface area contributed by atoms with Crippen LogP contribution in [0.4, 0.5) is 4.79 Å². The summed E-state index contributed by atoms with van der Waals surface area (Å²) in [4.78, 5) is 16.9. The summed E-state index contributed by atoms with van der Waals surface area (Å²) in [6, 6.07) is 6.84. The highest BCUT2D eigenvalue weighted by Gasteiger charge is 2.33. The molecule has 0 bridgehead atoms. The van der Waals surface area contributed by atoms with Crippen molar-refractivity contribution in [3.63, 3.8) is 0 Å². The van der Waals surface area contributed by atoms with Gasteiger partial charge in [0.05, 0.1) is 5.52 Å². The van der Waals surface area contributed by atoms with Gasteiger partial charge in [0.1, 0.15) is 3.70 Å². The molecule has 1 aromatic heterocycles. The van der Waals surface area contributed by atoms with E-state index >= 15 is 0 Å². The lowest BCUT2D eigenvalue weighted by molar-refractivity contribution is 0.214. The maximum absolute atomic E-state index is 12.6. The second kappa shape index (κ2) is 6.88. The van der Waals surface area contributed by atoms with Gasteiger partial charge >= 0.3 is 6.03 Å². The monoisotopic (exact) mass is 464 g/mol. The zero-order valence-corrected chi connectivity index (χ0v) is 17.7. The molecule has 0 saturated heterocycles. The van der Waals surface area contributed by atoms with Crippen molar-refractivity contribution in [1.29, 1.82) is 0 Å². The van der Waals surface area contributed by atoms with Crippen molar-refractivity contribution < 1.29 is 4.79 Å². The summed E-state index contributed by atoms with van der Waals surface area (Å²) < 4.78 is 3.09. The van der Waals surface area contributed by atoms with E-state index in [1.165, 1.54) is 22.1 Å². The lowest BCUT2D eigenvalue weighted by Gasteiger charge is -2.36. The number of carbonyl (C=O) groups excluding carboxylic acids is 1. The molecule has 0 radical (unpaired) electrons. The number of halogens is 1. The topological polar surface area (TPSA) is 40.5 Å². The number of hydrogen-bond donors (Lipinski definition) is 1. The quantitative estimate of drug-likeness (QED) is 0.701. The molecule has 2 aromatic rings. The Morgan fingerprint density at radius 3 is 2.85 bits per heavy atom. The van der Waals surface area contributed by atoms with E-state index in [0.717, 1.165) is 28.6 Å². The van der Waals surface area contributed by atoms with E-state index in [1.807, 2.05) is 18.5 Å². The van der Waals surface area contributed by atoms with Crippen LogP contribution >= 0.6 is 22.6 Å². The average Bonchev–Trinajstić information content (AvgIpc) is 2.91. The summed E-state index contributed by atoms with van der Waals surface area (Å²) in [6.07, 6.45) is 4.51. The fraction of sp³-hybridized carbons (Fsp3) is 0.450. The highest BCUT2D eigenvalue weighted by molar-refractivity contribution is 14.1. The van der Waals surface area contributed by atoms with E-state index in [4.69, 9.17) is 0 Å². The molecule has 0 unspecified atom stereocenters. The number of urea groups is 1. The van der Waals surface area contributed by atoms with Gasteiger partial charge in [-0.05, 0) is 79.1 Å². The van der Waals surface area contributed by atoms with Crippen LogP contribution in [0, 0.1) is 3.70 Å². The fourth-order valence-corrected chi connectivity index (χ4v) is 5.17. The Labute approximate surface area is 168 Å². The van der Waals surface area contributed by atoms with Crippen molar-refractivity contribution in [2.75, 3.05) is 32.1 Å². The Morgan fingerprint density at radius 2 is 2.12 bits per heavy atom. The van der Waals surface area contributed by atoms with E-state index < -0.39 is 0 Å². The summed E-state index contributed by atoms with van der Waals surface area (Å²) in [7, 11) is 2.22. The molecule has 2 heterocycles. The number of nitrogens with zero attached hydrogens (tertiary/aromatic N) is 3. The standard InChI is InChI=1S/C20H25IN4O/c1-4-24(5-2)20(26)22-25-16-10-6-8-14-13-9-7-11-23(3)17(13)12-15(18(14)16)19(25)21/h6,8-10,17H,4-5,7,11-12H2,1-3H3,(H,22,26)/t17-/m1/s1. The van der Waals surface area contributed by atoms with Crippen LogP contribution in [-0.4, -0.2) is 53.2 Å². The SMILES string of the molecule is CCN(CC)C(=O)Nn1c(I)c2c3c(cccc31)C1=CCCN(C)[C@@H]1C2. The van der Waals surface area contributed by atoms with E-state index in [0.29, 0.717) is 19.1 Å². The number of nitrogens with one attached hydrogen (secondary N) is 1. The van der Waals surface area contributed by atoms with Gasteiger partial charge in [-0.15, -0.1) is 0 Å².